The van der Waals surface area contributed by atoms with Gasteiger partial charge < -0.3 is 4.74 Å². The highest BCUT2D eigenvalue weighted by Crippen LogP contribution is 2.33. The third-order valence-corrected chi connectivity index (χ3v) is 5.43. The molecule has 96 valence electrons. The summed E-state index contributed by atoms with van der Waals surface area (Å²) in [5.41, 5.74) is 0.632. The Morgan fingerprint density at radius 1 is 1.39 bits per heavy atom. The summed E-state index contributed by atoms with van der Waals surface area (Å²) >= 11 is 0. The molecule has 7 heteroatoms. The Balaban J connectivity index is 2.17. The van der Waals surface area contributed by atoms with Gasteiger partial charge in [-0.2, -0.15) is 0 Å². The van der Waals surface area contributed by atoms with Crippen LogP contribution in [0, 0.1) is 0 Å². The van der Waals surface area contributed by atoms with Gasteiger partial charge in [-0.15, -0.1) is 10.2 Å². The molecule has 1 aliphatic rings. The van der Waals surface area contributed by atoms with E-state index in [1.54, 1.807) is 29.8 Å². The average Bonchev–Trinajstić information content (AvgIpc) is 2.90. The molecule has 3 rings (SSSR count). The maximum Gasteiger partial charge on any atom is 0.161 e. The van der Waals surface area contributed by atoms with Crippen LogP contribution in [-0.2, 0) is 9.84 Å². The highest BCUT2D eigenvalue weighted by molar-refractivity contribution is 7.91. The predicted molar refractivity (Wildman–Crippen MR) is 65.3 cm³/mol. The molecule has 1 unspecified atom stereocenters. The van der Waals surface area contributed by atoms with E-state index in [-0.39, 0.29) is 5.75 Å². The Morgan fingerprint density at radius 3 is 2.89 bits per heavy atom. The summed E-state index contributed by atoms with van der Waals surface area (Å²) in [6, 6.07) is 3.54. The van der Waals surface area contributed by atoms with Crippen LogP contribution in [0.15, 0.2) is 18.3 Å². The minimum atomic E-state index is -3.09. The number of hydrogen-bond acceptors (Lipinski definition) is 5. The smallest absolute Gasteiger partial charge is 0.161 e. The molecular formula is C11H13N3O3S. The molecule has 0 spiro atoms. The van der Waals surface area contributed by atoms with Crippen molar-refractivity contribution >= 4 is 15.5 Å². The summed E-state index contributed by atoms with van der Waals surface area (Å²) < 4.78 is 30.7. The first-order valence-electron chi connectivity index (χ1n) is 5.72. The van der Waals surface area contributed by atoms with Gasteiger partial charge in [0.05, 0.1) is 19.1 Å². The Morgan fingerprint density at radius 2 is 2.22 bits per heavy atom. The van der Waals surface area contributed by atoms with E-state index in [4.69, 9.17) is 4.74 Å². The number of sulfone groups is 1. The standard InChI is InChI=1S/C11H13N3O3S/c1-17-8-4-5-10-12-13-11(14(10)7-8)9-3-2-6-18(9,15)16/h4-5,7,9H,2-3,6H2,1H3. The number of nitrogens with zero attached hydrogens (tertiary/aromatic N) is 3. The highest BCUT2D eigenvalue weighted by atomic mass is 32.2. The van der Waals surface area contributed by atoms with Gasteiger partial charge in [0, 0.05) is 0 Å². The van der Waals surface area contributed by atoms with E-state index >= 15 is 0 Å². The lowest BCUT2D eigenvalue weighted by atomic mass is 10.2. The van der Waals surface area contributed by atoms with Gasteiger partial charge >= 0.3 is 0 Å². The molecule has 0 N–H and O–H groups in total. The highest BCUT2D eigenvalue weighted by Gasteiger charge is 2.36. The van der Waals surface area contributed by atoms with Crippen LogP contribution in [0.3, 0.4) is 0 Å². The van der Waals surface area contributed by atoms with Gasteiger partial charge in [0.15, 0.2) is 21.3 Å². The van der Waals surface area contributed by atoms with Crippen molar-refractivity contribution in [2.75, 3.05) is 12.9 Å². The van der Waals surface area contributed by atoms with E-state index in [1.165, 1.54) is 0 Å². The summed E-state index contributed by atoms with van der Waals surface area (Å²) in [7, 11) is -1.52. The van der Waals surface area contributed by atoms with Gasteiger partial charge in [-0.3, -0.25) is 4.40 Å². The van der Waals surface area contributed by atoms with Crippen LogP contribution in [0.1, 0.15) is 23.9 Å². The molecule has 1 aliphatic heterocycles. The summed E-state index contributed by atoms with van der Waals surface area (Å²) in [4.78, 5) is 0. The van der Waals surface area contributed by atoms with Crippen LogP contribution in [0.2, 0.25) is 0 Å². The monoisotopic (exact) mass is 267 g/mol. The van der Waals surface area contributed by atoms with Gasteiger partial charge in [-0.25, -0.2) is 8.42 Å². The van der Waals surface area contributed by atoms with Crippen molar-refractivity contribution in [3.8, 4) is 5.75 Å². The van der Waals surface area contributed by atoms with Crippen molar-refractivity contribution in [1.82, 2.24) is 14.6 Å². The maximum atomic E-state index is 11.9. The summed E-state index contributed by atoms with van der Waals surface area (Å²) in [5, 5.41) is 7.48. The molecule has 3 heterocycles. The number of aromatic nitrogens is 3. The molecule has 2 aromatic heterocycles. The minimum absolute atomic E-state index is 0.233. The third-order valence-electron chi connectivity index (χ3n) is 3.25. The van der Waals surface area contributed by atoms with Crippen LogP contribution in [0.4, 0.5) is 0 Å². The fourth-order valence-electron chi connectivity index (χ4n) is 2.31. The van der Waals surface area contributed by atoms with Gasteiger partial charge in [0.2, 0.25) is 0 Å². The first kappa shape index (κ1) is 11.5. The molecule has 18 heavy (non-hydrogen) atoms. The molecule has 2 aromatic rings. The molecule has 1 fully saturated rings. The molecule has 6 nitrogen and oxygen atoms in total. The lowest BCUT2D eigenvalue weighted by Crippen LogP contribution is -2.11. The topological polar surface area (TPSA) is 73.6 Å². The molecule has 0 saturated carbocycles. The second-order valence-corrected chi connectivity index (χ2v) is 6.66. The maximum absolute atomic E-state index is 11.9. The molecule has 0 aromatic carbocycles. The molecular weight excluding hydrogens is 254 g/mol. The fourth-order valence-corrected chi connectivity index (χ4v) is 4.17. The molecule has 0 bridgehead atoms. The van der Waals surface area contributed by atoms with E-state index in [0.29, 0.717) is 30.1 Å². The quantitative estimate of drug-likeness (QED) is 0.811. The van der Waals surface area contributed by atoms with E-state index in [1.807, 2.05) is 0 Å². The van der Waals surface area contributed by atoms with Gasteiger partial charge in [0.25, 0.3) is 0 Å². The van der Waals surface area contributed by atoms with Crippen LogP contribution >= 0.6 is 0 Å². The van der Waals surface area contributed by atoms with Crippen LogP contribution in [-0.4, -0.2) is 35.9 Å². The Kier molecular flexibility index (Phi) is 2.51. The summed E-state index contributed by atoms with van der Waals surface area (Å²) in [6.07, 6.45) is 3.02. The number of rotatable bonds is 2. The van der Waals surface area contributed by atoms with E-state index in [2.05, 4.69) is 10.2 Å². The summed E-state index contributed by atoms with van der Waals surface area (Å²) in [6.45, 7) is 0. The third kappa shape index (κ3) is 1.66. The van der Waals surface area contributed by atoms with Crippen molar-refractivity contribution in [2.45, 2.75) is 18.1 Å². The van der Waals surface area contributed by atoms with Crippen LogP contribution < -0.4 is 4.74 Å². The SMILES string of the molecule is COc1ccc2nnc(C3CCCS3(=O)=O)n2c1. The second kappa shape index (κ2) is 3.94. The van der Waals surface area contributed by atoms with Crippen molar-refractivity contribution in [2.24, 2.45) is 0 Å². The van der Waals surface area contributed by atoms with Crippen molar-refractivity contribution < 1.29 is 13.2 Å². The lowest BCUT2D eigenvalue weighted by Gasteiger charge is -2.08. The predicted octanol–water partition coefficient (Wildman–Crippen LogP) is 0.988. The zero-order chi connectivity index (χ0) is 12.8. The largest absolute Gasteiger partial charge is 0.495 e. The van der Waals surface area contributed by atoms with E-state index < -0.39 is 15.1 Å². The zero-order valence-corrected chi connectivity index (χ0v) is 10.7. The number of ether oxygens (including phenoxy) is 1. The number of methoxy groups -OCH3 is 1. The molecule has 0 radical (unpaired) electrons. The number of hydrogen-bond donors (Lipinski definition) is 0. The van der Waals surface area contributed by atoms with Crippen LogP contribution in [0.5, 0.6) is 5.75 Å². The van der Waals surface area contributed by atoms with E-state index in [9.17, 15) is 8.42 Å². The molecule has 0 amide bonds. The van der Waals surface area contributed by atoms with Crippen molar-refractivity contribution in [3.05, 3.63) is 24.2 Å². The Hall–Kier alpha value is -1.63. The average molecular weight is 267 g/mol. The normalized spacial score (nSPS) is 22.4. The second-order valence-electron chi connectivity index (χ2n) is 4.35. The molecule has 1 atom stereocenters. The fraction of sp³-hybridized carbons (Fsp3) is 0.455. The first-order chi connectivity index (χ1) is 8.62. The number of fused-ring (bicyclic) bond motifs is 1. The Bertz CT molecular complexity index is 693. The van der Waals surface area contributed by atoms with Gasteiger partial charge in [0.1, 0.15) is 11.0 Å². The zero-order valence-electron chi connectivity index (χ0n) is 9.91. The number of pyridine rings is 1. The van der Waals surface area contributed by atoms with E-state index in [0.717, 1.165) is 0 Å². The first-order valence-corrected chi connectivity index (χ1v) is 7.43. The van der Waals surface area contributed by atoms with Crippen molar-refractivity contribution in [3.63, 3.8) is 0 Å². The molecule has 0 aliphatic carbocycles. The van der Waals surface area contributed by atoms with Crippen LogP contribution in [0.25, 0.3) is 5.65 Å². The lowest BCUT2D eigenvalue weighted by molar-refractivity contribution is 0.412. The van der Waals surface area contributed by atoms with Crippen molar-refractivity contribution in [1.29, 1.82) is 0 Å². The minimum Gasteiger partial charge on any atom is -0.495 e. The Labute approximate surface area is 105 Å². The molecule has 1 saturated heterocycles. The van der Waals surface area contributed by atoms with Gasteiger partial charge in [-0.05, 0) is 25.0 Å². The summed E-state index contributed by atoms with van der Waals surface area (Å²) in [5.74, 6) is 1.37. The van der Waals surface area contributed by atoms with Gasteiger partial charge in [-0.1, -0.05) is 0 Å².